The molecule has 0 amide bonds. The normalized spacial score (nSPS) is 14.1. The lowest BCUT2D eigenvalue weighted by atomic mass is 9.99. The van der Waals surface area contributed by atoms with Crippen LogP contribution in [0.5, 0.6) is 0 Å². The molecule has 3 heteroatoms. The SMILES string of the molecule is CCN(Cc1ccccn1)C(C)C(N)c1ccc(C)cc1. The van der Waals surface area contributed by atoms with E-state index >= 15 is 0 Å². The van der Waals surface area contributed by atoms with Gasteiger partial charge in [0.1, 0.15) is 0 Å². The first-order valence-electron chi connectivity index (χ1n) is 7.58. The first kappa shape index (κ1) is 15.7. The molecule has 2 aromatic rings. The summed E-state index contributed by atoms with van der Waals surface area (Å²) in [6, 6.07) is 14.8. The van der Waals surface area contributed by atoms with Crippen LogP contribution in [0.4, 0.5) is 0 Å². The fourth-order valence-electron chi connectivity index (χ4n) is 2.54. The van der Waals surface area contributed by atoms with Crippen LogP contribution in [-0.4, -0.2) is 22.5 Å². The molecule has 0 aliphatic carbocycles. The molecule has 112 valence electrons. The van der Waals surface area contributed by atoms with E-state index in [0.29, 0.717) is 0 Å². The van der Waals surface area contributed by atoms with E-state index in [1.807, 2.05) is 18.3 Å². The van der Waals surface area contributed by atoms with Gasteiger partial charge >= 0.3 is 0 Å². The number of aromatic nitrogens is 1. The van der Waals surface area contributed by atoms with E-state index in [1.54, 1.807) is 0 Å². The fraction of sp³-hybridized carbons (Fsp3) is 0.389. The van der Waals surface area contributed by atoms with E-state index in [4.69, 9.17) is 5.73 Å². The summed E-state index contributed by atoms with van der Waals surface area (Å²) >= 11 is 0. The van der Waals surface area contributed by atoms with Gasteiger partial charge in [-0.3, -0.25) is 9.88 Å². The number of hydrogen-bond acceptors (Lipinski definition) is 3. The Morgan fingerprint density at radius 2 is 1.86 bits per heavy atom. The lowest BCUT2D eigenvalue weighted by Gasteiger charge is -2.32. The highest BCUT2D eigenvalue weighted by atomic mass is 15.2. The zero-order valence-electron chi connectivity index (χ0n) is 13.2. The topological polar surface area (TPSA) is 42.2 Å². The molecule has 1 aromatic carbocycles. The maximum absolute atomic E-state index is 6.46. The molecule has 1 aromatic heterocycles. The Labute approximate surface area is 127 Å². The molecule has 0 aliphatic heterocycles. The maximum Gasteiger partial charge on any atom is 0.0544 e. The first-order chi connectivity index (χ1) is 10.1. The predicted molar refractivity (Wildman–Crippen MR) is 87.9 cm³/mol. The molecule has 2 rings (SSSR count). The number of rotatable bonds is 6. The molecule has 0 spiro atoms. The van der Waals surface area contributed by atoms with Crippen molar-refractivity contribution in [3.63, 3.8) is 0 Å². The van der Waals surface area contributed by atoms with Gasteiger partial charge in [0.2, 0.25) is 0 Å². The van der Waals surface area contributed by atoms with Crippen LogP contribution in [-0.2, 0) is 6.54 Å². The monoisotopic (exact) mass is 283 g/mol. The highest BCUT2D eigenvalue weighted by Gasteiger charge is 2.21. The number of aryl methyl sites for hydroxylation is 1. The smallest absolute Gasteiger partial charge is 0.0544 e. The van der Waals surface area contributed by atoms with Crippen molar-refractivity contribution in [2.75, 3.05) is 6.54 Å². The van der Waals surface area contributed by atoms with Crippen LogP contribution < -0.4 is 5.73 Å². The molecule has 0 saturated carbocycles. The van der Waals surface area contributed by atoms with Crippen molar-refractivity contribution in [2.24, 2.45) is 5.73 Å². The third-order valence-electron chi connectivity index (χ3n) is 4.06. The van der Waals surface area contributed by atoms with E-state index in [2.05, 4.69) is 61.0 Å². The number of nitrogens with two attached hydrogens (primary N) is 1. The zero-order chi connectivity index (χ0) is 15.2. The largest absolute Gasteiger partial charge is 0.323 e. The van der Waals surface area contributed by atoms with Gasteiger partial charge in [-0.1, -0.05) is 42.8 Å². The minimum Gasteiger partial charge on any atom is -0.323 e. The summed E-state index contributed by atoms with van der Waals surface area (Å²) in [6.45, 7) is 8.24. The Bertz CT molecular complexity index is 536. The van der Waals surface area contributed by atoms with Crippen molar-refractivity contribution in [1.29, 1.82) is 0 Å². The zero-order valence-corrected chi connectivity index (χ0v) is 13.2. The fourth-order valence-corrected chi connectivity index (χ4v) is 2.54. The molecule has 0 radical (unpaired) electrons. The third kappa shape index (κ3) is 4.13. The second-order valence-corrected chi connectivity index (χ2v) is 5.56. The standard InChI is InChI=1S/C18H25N3/c1-4-21(13-17-7-5-6-12-20-17)15(3)18(19)16-10-8-14(2)9-11-16/h5-12,15,18H,4,13,19H2,1-3H3. The lowest BCUT2D eigenvalue weighted by molar-refractivity contribution is 0.183. The summed E-state index contributed by atoms with van der Waals surface area (Å²) in [5.41, 5.74) is 9.99. The number of hydrogen-bond donors (Lipinski definition) is 1. The molecule has 21 heavy (non-hydrogen) atoms. The van der Waals surface area contributed by atoms with Crippen molar-refractivity contribution in [1.82, 2.24) is 9.88 Å². The Balaban J connectivity index is 2.08. The second-order valence-electron chi connectivity index (χ2n) is 5.56. The summed E-state index contributed by atoms with van der Waals surface area (Å²) in [5, 5.41) is 0. The Hall–Kier alpha value is -1.71. The van der Waals surface area contributed by atoms with Crippen LogP contribution >= 0.6 is 0 Å². The number of benzene rings is 1. The summed E-state index contributed by atoms with van der Waals surface area (Å²) in [5.74, 6) is 0. The van der Waals surface area contributed by atoms with Gasteiger partial charge in [-0.2, -0.15) is 0 Å². The van der Waals surface area contributed by atoms with Crippen LogP contribution in [0.3, 0.4) is 0 Å². The van der Waals surface area contributed by atoms with Gasteiger partial charge in [-0.25, -0.2) is 0 Å². The molecule has 2 atom stereocenters. The number of nitrogens with zero attached hydrogens (tertiary/aromatic N) is 2. The first-order valence-corrected chi connectivity index (χ1v) is 7.58. The lowest BCUT2D eigenvalue weighted by Crippen LogP contribution is -2.40. The maximum atomic E-state index is 6.46. The van der Waals surface area contributed by atoms with Gasteiger partial charge in [-0.05, 0) is 38.1 Å². The Morgan fingerprint density at radius 1 is 1.14 bits per heavy atom. The Kier molecular flexibility index (Phi) is 5.48. The quantitative estimate of drug-likeness (QED) is 0.884. The molecular formula is C18H25N3. The van der Waals surface area contributed by atoms with Crippen LogP contribution in [0.25, 0.3) is 0 Å². The number of pyridine rings is 1. The number of likely N-dealkylation sites (N-methyl/N-ethyl adjacent to an activating group) is 1. The van der Waals surface area contributed by atoms with E-state index in [1.165, 1.54) is 11.1 Å². The van der Waals surface area contributed by atoms with Crippen LogP contribution in [0.15, 0.2) is 48.7 Å². The Morgan fingerprint density at radius 3 is 2.43 bits per heavy atom. The molecular weight excluding hydrogens is 258 g/mol. The van der Waals surface area contributed by atoms with E-state index in [0.717, 1.165) is 18.8 Å². The highest BCUT2D eigenvalue weighted by molar-refractivity contribution is 5.25. The van der Waals surface area contributed by atoms with Crippen molar-refractivity contribution in [3.05, 3.63) is 65.5 Å². The van der Waals surface area contributed by atoms with E-state index in [-0.39, 0.29) is 12.1 Å². The van der Waals surface area contributed by atoms with Gasteiger partial charge in [0, 0.05) is 24.8 Å². The molecule has 0 fully saturated rings. The van der Waals surface area contributed by atoms with Crippen LogP contribution in [0.2, 0.25) is 0 Å². The highest BCUT2D eigenvalue weighted by Crippen LogP contribution is 2.20. The van der Waals surface area contributed by atoms with Gasteiger partial charge < -0.3 is 5.73 Å². The van der Waals surface area contributed by atoms with E-state index < -0.39 is 0 Å². The predicted octanol–water partition coefficient (Wildman–Crippen LogP) is 3.30. The van der Waals surface area contributed by atoms with Crippen LogP contribution in [0, 0.1) is 6.92 Å². The van der Waals surface area contributed by atoms with Crippen molar-refractivity contribution in [2.45, 2.75) is 39.4 Å². The molecule has 2 unspecified atom stereocenters. The summed E-state index contributed by atoms with van der Waals surface area (Å²) < 4.78 is 0. The van der Waals surface area contributed by atoms with Gasteiger partial charge in [0.05, 0.1) is 5.69 Å². The summed E-state index contributed by atoms with van der Waals surface area (Å²) in [7, 11) is 0. The molecule has 2 N–H and O–H groups in total. The molecule has 0 aliphatic rings. The van der Waals surface area contributed by atoms with Crippen molar-refractivity contribution < 1.29 is 0 Å². The van der Waals surface area contributed by atoms with Crippen LogP contribution in [0.1, 0.15) is 36.7 Å². The molecule has 0 saturated heterocycles. The molecule has 1 heterocycles. The van der Waals surface area contributed by atoms with Crippen molar-refractivity contribution >= 4 is 0 Å². The second kappa shape index (κ2) is 7.34. The third-order valence-corrected chi connectivity index (χ3v) is 4.06. The van der Waals surface area contributed by atoms with Crippen molar-refractivity contribution in [3.8, 4) is 0 Å². The van der Waals surface area contributed by atoms with Gasteiger partial charge in [-0.15, -0.1) is 0 Å². The average Bonchev–Trinajstić information content (AvgIpc) is 2.53. The van der Waals surface area contributed by atoms with Gasteiger partial charge in [0.15, 0.2) is 0 Å². The van der Waals surface area contributed by atoms with E-state index in [9.17, 15) is 0 Å². The summed E-state index contributed by atoms with van der Waals surface area (Å²) in [6.07, 6.45) is 1.84. The minimum atomic E-state index is 0.00858. The average molecular weight is 283 g/mol. The van der Waals surface area contributed by atoms with Gasteiger partial charge in [0.25, 0.3) is 0 Å². The molecule has 0 bridgehead atoms. The minimum absolute atomic E-state index is 0.00858. The summed E-state index contributed by atoms with van der Waals surface area (Å²) in [4.78, 5) is 6.78. The molecule has 3 nitrogen and oxygen atoms in total.